The zero-order valence-corrected chi connectivity index (χ0v) is 22.9. The first-order valence-electron chi connectivity index (χ1n) is 12.1. The SMILES string of the molecule is COc1ccc(C(=O)/C=C/c2cc(C=Nc3nc(-c4ccc(OC)cc4)cs3)c(O)c(C(C)(C)C)c2)cc1. The van der Waals surface area contributed by atoms with Gasteiger partial charge in [0, 0.05) is 33.8 Å². The number of ketones is 1. The number of rotatable bonds is 8. The average Bonchev–Trinajstić information content (AvgIpc) is 3.40. The minimum Gasteiger partial charge on any atom is -0.507 e. The Morgan fingerprint density at radius 3 is 2.21 bits per heavy atom. The Morgan fingerprint density at radius 2 is 1.61 bits per heavy atom. The van der Waals surface area contributed by atoms with E-state index >= 15 is 0 Å². The summed E-state index contributed by atoms with van der Waals surface area (Å²) in [4.78, 5) is 21.8. The minimum absolute atomic E-state index is 0.123. The Morgan fingerprint density at radius 1 is 0.974 bits per heavy atom. The van der Waals surface area contributed by atoms with Gasteiger partial charge in [-0.3, -0.25) is 4.79 Å². The molecular weight excluding hydrogens is 496 g/mol. The lowest BCUT2D eigenvalue weighted by molar-refractivity contribution is 0.104. The summed E-state index contributed by atoms with van der Waals surface area (Å²) in [5.74, 6) is 1.51. The fourth-order valence-electron chi connectivity index (χ4n) is 3.81. The molecule has 1 N–H and O–H groups in total. The monoisotopic (exact) mass is 526 g/mol. The molecule has 7 heteroatoms. The summed E-state index contributed by atoms with van der Waals surface area (Å²) in [7, 11) is 3.22. The van der Waals surface area contributed by atoms with Crippen LogP contribution in [-0.2, 0) is 5.41 Å². The number of thiazole rings is 1. The van der Waals surface area contributed by atoms with Crippen LogP contribution in [0.15, 0.2) is 77.1 Å². The number of hydrogen-bond acceptors (Lipinski definition) is 7. The van der Waals surface area contributed by atoms with E-state index in [0.29, 0.717) is 22.0 Å². The van der Waals surface area contributed by atoms with E-state index in [9.17, 15) is 9.90 Å². The number of carbonyl (C=O) groups excluding carboxylic acids is 1. The lowest BCUT2D eigenvalue weighted by atomic mass is 9.84. The van der Waals surface area contributed by atoms with Gasteiger partial charge in [0.15, 0.2) is 5.78 Å². The number of hydrogen-bond donors (Lipinski definition) is 1. The summed E-state index contributed by atoms with van der Waals surface area (Å²) in [5, 5.41) is 13.6. The van der Waals surface area contributed by atoms with Gasteiger partial charge >= 0.3 is 0 Å². The van der Waals surface area contributed by atoms with Crippen LogP contribution >= 0.6 is 11.3 Å². The molecule has 0 radical (unpaired) electrons. The molecule has 0 saturated heterocycles. The van der Waals surface area contributed by atoms with Crippen molar-refractivity contribution >= 4 is 34.5 Å². The molecule has 0 fully saturated rings. The fourth-order valence-corrected chi connectivity index (χ4v) is 4.48. The second-order valence-corrected chi connectivity index (χ2v) is 10.5. The van der Waals surface area contributed by atoms with E-state index in [1.807, 2.05) is 62.5 Å². The molecule has 0 aliphatic heterocycles. The summed E-state index contributed by atoms with van der Waals surface area (Å²) in [6.07, 6.45) is 4.90. The van der Waals surface area contributed by atoms with E-state index in [-0.39, 0.29) is 16.9 Å². The van der Waals surface area contributed by atoms with Crippen LogP contribution in [0.5, 0.6) is 17.2 Å². The van der Waals surface area contributed by atoms with E-state index < -0.39 is 0 Å². The number of aromatic nitrogens is 1. The van der Waals surface area contributed by atoms with Crippen LogP contribution in [0.25, 0.3) is 17.3 Å². The average molecular weight is 527 g/mol. The number of aromatic hydroxyl groups is 1. The van der Waals surface area contributed by atoms with Gasteiger partial charge in [-0.1, -0.05) is 26.8 Å². The summed E-state index contributed by atoms with van der Waals surface area (Å²) >= 11 is 1.42. The van der Waals surface area contributed by atoms with E-state index in [1.165, 1.54) is 17.4 Å². The molecular formula is C31H30N2O4S. The van der Waals surface area contributed by atoms with E-state index in [4.69, 9.17) is 9.47 Å². The molecule has 0 saturated carbocycles. The summed E-state index contributed by atoms with van der Waals surface area (Å²) < 4.78 is 10.4. The molecule has 1 aromatic heterocycles. The van der Waals surface area contributed by atoms with Crippen molar-refractivity contribution in [2.24, 2.45) is 4.99 Å². The standard InChI is InChI=1S/C31H30N2O4S/c1-31(2,3)26-17-20(6-15-28(34)22-9-13-25(37-5)14-10-22)16-23(29(26)35)18-32-30-33-27(19-38-30)21-7-11-24(36-4)12-8-21/h6-19,35H,1-5H3/b15-6+,32-18?. The van der Waals surface area contributed by atoms with Gasteiger partial charge in [-0.05, 0) is 77.7 Å². The summed E-state index contributed by atoms with van der Waals surface area (Å²) in [6.45, 7) is 6.09. The number of benzene rings is 3. The van der Waals surface area contributed by atoms with Gasteiger partial charge in [-0.25, -0.2) is 9.98 Å². The van der Waals surface area contributed by atoms with Gasteiger partial charge in [-0.2, -0.15) is 0 Å². The summed E-state index contributed by atoms with van der Waals surface area (Å²) in [5.41, 5.74) is 4.13. The van der Waals surface area contributed by atoms with E-state index in [2.05, 4.69) is 9.98 Å². The largest absolute Gasteiger partial charge is 0.507 e. The molecule has 0 unspecified atom stereocenters. The van der Waals surface area contributed by atoms with Crippen molar-refractivity contribution in [1.29, 1.82) is 0 Å². The molecule has 0 amide bonds. The van der Waals surface area contributed by atoms with Gasteiger partial charge in [0.1, 0.15) is 17.2 Å². The molecule has 0 aliphatic rings. The first-order chi connectivity index (χ1) is 18.2. The van der Waals surface area contributed by atoms with Crippen molar-refractivity contribution in [1.82, 2.24) is 4.98 Å². The van der Waals surface area contributed by atoms with Crippen LogP contribution in [-0.4, -0.2) is 36.3 Å². The van der Waals surface area contributed by atoms with Crippen molar-refractivity contribution in [2.45, 2.75) is 26.2 Å². The van der Waals surface area contributed by atoms with E-state index in [0.717, 1.165) is 28.1 Å². The molecule has 4 rings (SSSR count). The molecule has 194 valence electrons. The molecule has 0 atom stereocenters. The predicted octanol–water partition coefficient (Wildman–Crippen LogP) is 7.48. The molecule has 0 aliphatic carbocycles. The number of aliphatic imine (C=N–C) groups is 1. The Labute approximate surface area is 227 Å². The number of carbonyl (C=O) groups is 1. The third-order valence-electron chi connectivity index (χ3n) is 5.96. The predicted molar refractivity (Wildman–Crippen MR) is 155 cm³/mol. The lowest BCUT2D eigenvalue weighted by Gasteiger charge is -2.22. The van der Waals surface area contributed by atoms with Gasteiger partial charge in [0.05, 0.1) is 19.9 Å². The zero-order chi connectivity index (χ0) is 27.3. The van der Waals surface area contributed by atoms with Crippen molar-refractivity contribution in [3.05, 3.63) is 94.4 Å². The highest BCUT2D eigenvalue weighted by molar-refractivity contribution is 7.13. The minimum atomic E-state index is -0.320. The molecule has 0 spiro atoms. The second-order valence-electron chi connectivity index (χ2n) is 9.68. The van der Waals surface area contributed by atoms with Crippen LogP contribution < -0.4 is 9.47 Å². The third-order valence-corrected chi connectivity index (χ3v) is 6.71. The maximum atomic E-state index is 12.7. The quantitative estimate of drug-likeness (QED) is 0.146. The smallest absolute Gasteiger partial charge is 0.209 e. The Balaban J connectivity index is 1.61. The van der Waals surface area contributed by atoms with Crippen LogP contribution in [0.1, 0.15) is 47.8 Å². The normalized spacial score (nSPS) is 11.8. The van der Waals surface area contributed by atoms with Gasteiger partial charge in [0.25, 0.3) is 0 Å². The lowest BCUT2D eigenvalue weighted by Crippen LogP contribution is -2.12. The van der Waals surface area contributed by atoms with Crippen molar-refractivity contribution in [3.8, 4) is 28.5 Å². The highest BCUT2D eigenvalue weighted by Crippen LogP contribution is 2.35. The zero-order valence-electron chi connectivity index (χ0n) is 22.1. The fraction of sp³-hybridized carbons (Fsp3) is 0.194. The van der Waals surface area contributed by atoms with Gasteiger partial charge < -0.3 is 14.6 Å². The number of methoxy groups -OCH3 is 2. The number of nitrogens with zero attached hydrogens (tertiary/aromatic N) is 2. The second kappa shape index (κ2) is 11.4. The van der Waals surface area contributed by atoms with Crippen molar-refractivity contribution in [2.75, 3.05) is 14.2 Å². The highest BCUT2D eigenvalue weighted by Gasteiger charge is 2.21. The molecule has 38 heavy (non-hydrogen) atoms. The molecule has 1 heterocycles. The Bertz CT molecular complexity index is 1480. The number of phenolic OH excluding ortho intramolecular Hbond substituents is 1. The maximum Gasteiger partial charge on any atom is 0.209 e. The van der Waals surface area contributed by atoms with Crippen molar-refractivity contribution in [3.63, 3.8) is 0 Å². The van der Waals surface area contributed by atoms with Crippen LogP contribution in [0.2, 0.25) is 0 Å². The first kappa shape index (κ1) is 26.8. The van der Waals surface area contributed by atoms with Gasteiger partial charge in [-0.15, -0.1) is 11.3 Å². The van der Waals surface area contributed by atoms with Crippen LogP contribution in [0.4, 0.5) is 5.13 Å². The highest BCUT2D eigenvalue weighted by atomic mass is 32.1. The number of phenols is 1. The Kier molecular flexibility index (Phi) is 8.08. The van der Waals surface area contributed by atoms with Gasteiger partial charge in [0.2, 0.25) is 5.13 Å². The molecule has 3 aromatic carbocycles. The Hall–Kier alpha value is -4.23. The van der Waals surface area contributed by atoms with Crippen molar-refractivity contribution < 1.29 is 19.4 Å². The molecule has 0 bridgehead atoms. The van der Waals surface area contributed by atoms with E-state index in [1.54, 1.807) is 50.8 Å². The van der Waals surface area contributed by atoms with Crippen LogP contribution in [0, 0.1) is 0 Å². The molecule has 4 aromatic rings. The maximum absolute atomic E-state index is 12.7. The number of ether oxygens (including phenoxy) is 2. The number of allylic oxidation sites excluding steroid dienone is 1. The summed E-state index contributed by atoms with van der Waals surface area (Å²) in [6, 6.07) is 18.4. The third kappa shape index (κ3) is 6.36. The van der Waals surface area contributed by atoms with Crippen LogP contribution in [0.3, 0.4) is 0 Å². The first-order valence-corrected chi connectivity index (χ1v) is 12.9. The molecule has 6 nitrogen and oxygen atoms in total. The topological polar surface area (TPSA) is 81.0 Å².